The largest absolute Gasteiger partial charge is 0.481 e. The second-order valence-corrected chi connectivity index (χ2v) is 6.17. The summed E-state index contributed by atoms with van der Waals surface area (Å²) in [5, 5.41) is 8.73. The summed E-state index contributed by atoms with van der Waals surface area (Å²) >= 11 is 1.90. The number of unbranched alkanes of at least 4 members (excludes halogenated alkanes) is 1. The molecule has 0 atom stereocenters. The second-order valence-electron chi connectivity index (χ2n) is 5.01. The molecule has 0 radical (unpaired) electrons. The molecule has 0 aromatic heterocycles. The Morgan fingerprint density at radius 2 is 1.57 bits per heavy atom. The van der Waals surface area contributed by atoms with Crippen molar-refractivity contribution >= 4 is 17.7 Å². The maximum atomic E-state index is 10.6. The Bertz CT molecular complexity index is 549. The lowest BCUT2D eigenvalue weighted by Gasteiger charge is -2.04. The zero-order valence-corrected chi connectivity index (χ0v) is 12.8. The van der Waals surface area contributed by atoms with E-state index in [1.807, 2.05) is 42.1 Å². The fourth-order valence-corrected chi connectivity index (χ4v) is 3.07. The fourth-order valence-electron chi connectivity index (χ4n) is 2.14. The molecule has 0 fully saturated rings. The van der Waals surface area contributed by atoms with Crippen molar-refractivity contribution in [1.82, 2.24) is 0 Å². The summed E-state index contributed by atoms with van der Waals surface area (Å²) < 4.78 is 0. The van der Waals surface area contributed by atoms with Crippen molar-refractivity contribution < 1.29 is 9.90 Å². The van der Waals surface area contributed by atoms with Crippen LogP contribution in [0.1, 0.15) is 24.0 Å². The van der Waals surface area contributed by atoms with Gasteiger partial charge in [0.15, 0.2) is 0 Å². The first kappa shape index (κ1) is 15.6. The molecule has 0 spiro atoms. The number of rotatable bonds is 8. The number of carboxylic acid groups (broad SMARTS) is 1. The lowest BCUT2D eigenvalue weighted by molar-refractivity contribution is -0.136. The van der Waals surface area contributed by atoms with Gasteiger partial charge in [-0.3, -0.25) is 4.79 Å². The van der Waals surface area contributed by atoms with E-state index in [4.69, 9.17) is 5.11 Å². The molecule has 2 aromatic carbocycles. The molecule has 2 aromatic rings. The molecular weight excluding hydrogens is 280 g/mol. The molecule has 0 bridgehead atoms. The minimum absolute atomic E-state index is 0.105. The Balaban J connectivity index is 1.65. The number of aliphatic carboxylic acids is 1. The Kier molecular flexibility index (Phi) is 6.35. The number of carbonyl (C=O) groups is 1. The van der Waals surface area contributed by atoms with E-state index in [0.29, 0.717) is 0 Å². The number of hydrogen-bond acceptors (Lipinski definition) is 2. The highest BCUT2D eigenvalue weighted by Gasteiger charge is 2.00. The molecule has 0 unspecified atom stereocenters. The second kappa shape index (κ2) is 8.53. The van der Waals surface area contributed by atoms with Crippen molar-refractivity contribution in [2.75, 3.05) is 5.75 Å². The van der Waals surface area contributed by atoms with Crippen molar-refractivity contribution in [2.45, 2.75) is 30.6 Å². The minimum Gasteiger partial charge on any atom is -0.481 e. The number of carboxylic acids is 1. The molecule has 0 amide bonds. The van der Waals surface area contributed by atoms with Crippen molar-refractivity contribution in [3.8, 4) is 0 Å². The summed E-state index contributed by atoms with van der Waals surface area (Å²) in [6, 6.07) is 18.4. The Morgan fingerprint density at radius 3 is 2.24 bits per heavy atom. The number of benzene rings is 2. The molecule has 0 aliphatic heterocycles. The average molecular weight is 300 g/mol. The van der Waals surface area contributed by atoms with Gasteiger partial charge in [-0.25, -0.2) is 0 Å². The predicted octanol–water partition coefficient (Wildman–Crippen LogP) is 4.43. The van der Waals surface area contributed by atoms with Gasteiger partial charge in [-0.05, 0) is 48.3 Å². The third-order valence-electron chi connectivity index (χ3n) is 3.25. The van der Waals surface area contributed by atoms with Crippen molar-refractivity contribution in [2.24, 2.45) is 0 Å². The van der Waals surface area contributed by atoms with Gasteiger partial charge in [0.1, 0.15) is 0 Å². The molecule has 2 rings (SSSR count). The molecular formula is C18H20O2S. The molecule has 1 N–H and O–H groups in total. The van der Waals surface area contributed by atoms with Crippen LogP contribution in [-0.4, -0.2) is 16.8 Å². The van der Waals surface area contributed by atoms with Crippen LogP contribution in [0.5, 0.6) is 0 Å². The van der Waals surface area contributed by atoms with Gasteiger partial charge in [-0.2, -0.15) is 0 Å². The van der Waals surface area contributed by atoms with Gasteiger partial charge in [-0.1, -0.05) is 42.5 Å². The van der Waals surface area contributed by atoms with Gasteiger partial charge in [0, 0.05) is 4.90 Å². The normalized spacial score (nSPS) is 10.5. The van der Waals surface area contributed by atoms with Crippen LogP contribution < -0.4 is 0 Å². The van der Waals surface area contributed by atoms with Crippen molar-refractivity contribution in [3.63, 3.8) is 0 Å². The maximum absolute atomic E-state index is 10.6. The van der Waals surface area contributed by atoms with E-state index in [1.54, 1.807) is 0 Å². The SMILES string of the molecule is O=C(O)Cc1ccc(CCCCSc2ccccc2)cc1. The van der Waals surface area contributed by atoms with Crippen LogP contribution in [0.4, 0.5) is 0 Å². The van der Waals surface area contributed by atoms with Crippen LogP contribution in [0.25, 0.3) is 0 Å². The highest BCUT2D eigenvalue weighted by Crippen LogP contribution is 2.19. The number of thioether (sulfide) groups is 1. The Hall–Kier alpha value is -1.74. The van der Waals surface area contributed by atoms with Gasteiger partial charge >= 0.3 is 5.97 Å². The molecule has 110 valence electrons. The molecule has 3 heteroatoms. The van der Waals surface area contributed by atoms with Crippen LogP contribution in [0, 0.1) is 0 Å². The molecule has 0 saturated carbocycles. The molecule has 2 nitrogen and oxygen atoms in total. The summed E-state index contributed by atoms with van der Waals surface area (Å²) in [5.74, 6) is 0.363. The standard InChI is InChI=1S/C18H20O2S/c19-18(20)14-16-11-9-15(10-12-16)6-4-5-13-21-17-7-2-1-3-8-17/h1-3,7-12H,4-6,13-14H2,(H,19,20). The molecule has 0 aliphatic carbocycles. The smallest absolute Gasteiger partial charge is 0.307 e. The first-order valence-electron chi connectivity index (χ1n) is 7.21. The molecule has 0 aliphatic rings. The quantitative estimate of drug-likeness (QED) is 0.579. The lowest BCUT2D eigenvalue weighted by Crippen LogP contribution is -1.99. The van der Waals surface area contributed by atoms with Crippen LogP contribution in [0.15, 0.2) is 59.5 Å². The third kappa shape index (κ3) is 6.05. The highest BCUT2D eigenvalue weighted by atomic mass is 32.2. The van der Waals surface area contributed by atoms with E-state index in [1.165, 1.54) is 16.9 Å². The fraction of sp³-hybridized carbons (Fsp3) is 0.278. The van der Waals surface area contributed by atoms with E-state index in [9.17, 15) is 4.79 Å². The monoisotopic (exact) mass is 300 g/mol. The topological polar surface area (TPSA) is 37.3 Å². The lowest BCUT2D eigenvalue weighted by atomic mass is 10.1. The molecule has 0 saturated heterocycles. The van der Waals surface area contributed by atoms with E-state index in [0.717, 1.165) is 24.2 Å². The van der Waals surface area contributed by atoms with E-state index in [-0.39, 0.29) is 6.42 Å². The van der Waals surface area contributed by atoms with Crippen molar-refractivity contribution in [3.05, 3.63) is 65.7 Å². The number of aryl methyl sites for hydroxylation is 1. The summed E-state index contributed by atoms with van der Waals surface area (Å²) in [5.41, 5.74) is 2.15. The zero-order chi connectivity index (χ0) is 14.9. The van der Waals surface area contributed by atoms with Crippen LogP contribution >= 0.6 is 11.8 Å². The summed E-state index contributed by atoms with van der Waals surface area (Å²) in [6.45, 7) is 0. The predicted molar refractivity (Wildman–Crippen MR) is 87.9 cm³/mol. The van der Waals surface area contributed by atoms with E-state index in [2.05, 4.69) is 24.3 Å². The van der Waals surface area contributed by atoms with Gasteiger partial charge in [0.05, 0.1) is 6.42 Å². The first-order chi connectivity index (χ1) is 10.2. The summed E-state index contributed by atoms with van der Waals surface area (Å²) in [4.78, 5) is 11.9. The van der Waals surface area contributed by atoms with Gasteiger partial charge in [0.25, 0.3) is 0 Å². The van der Waals surface area contributed by atoms with E-state index < -0.39 is 5.97 Å². The highest BCUT2D eigenvalue weighted by molar-refractivity contribution is 7.99. The summed E-state index contributed by atoms with van der Waals surface area (Å²) in [7, 11) is 0. The Morgan fingerprint density at radius 1 is 0.905 bits per heavy atom. The van der Waals surface area contributed by atoms with Crippen LogP contribution in [0.2, 0.25) is 0 Å². The van der Waals surface area contributed by atoms with Crippen LogP contribution in [0.3, 0.4) is 0 Å². The molecule has 21 heavy (non-hydrogen) atoms. The first-order valence-corrected chi connectivity index (χ1v) is 8.20. The van der Waals surface area contributed by atoms with Crippen molar-refractivity contribution in [1.29, 1.82) is 0 Å². The van der Waals surface area contributed by atoms with Gasteiger partial charge < -0.3 is 5.11 Å². The Labute approximate surface area is 130 Å². The van der Waals surface area contributed by atoms with Crippen LogP contribution in [-0.2, 0) is 17.6 Å². The summed E-state index contributed by atoms with van der Waals surface area (Å²) in [6.07, 6.45) is 3.52. The number of hydrogen-bond donors (Lipinski definition) is 1. The maximum Gasteiger partial charge on any atom is 0.307 e. The van der Waals surface area contributed by atoms with Gasteiger partial charge in [0.2, 0.25) is 0 Å². The average Bonchev–Trinajstić information content (AvgIpc) is 2.49. The third-order valence-corrected chi connectivity index (χ3v) is 4.35. The van der Waals surface area contributed by atoms with E-state index >= 15 is 0 Å². The molecule has 0 heterocycles. The van der Waals surface area contributed by atoms with Gasteiger partial charge in [-0.15, -0.1) is 11.8 Å². The zero-order valence-electron chi connectivity index (χ0n) is 12.0. The minimum atomic E-state index is -0.777.